The largest absolute Gasteiger partial charge is 0.370 e. The quantitative estimate of drug-likeness (QED) is 0.342. The molecule has 0 bridgehead atoms. The molecule has 1 aliphatic carbocycles. The summed E-state index contributed by atoms with van der Waals surface area (Å²) in [6.45, 7) is 4.00. The topological polar surface area (TPSA) is 65.7 Å². The van der Waals surface area contributed by atoms with Gasteiger partial charge in [0.05, 0.1) is 30.1 Å². The van der Waals surface area contributed by atoms with E-state index in [4.69, 9.17) is 26.3 Å². The summed E-state index contributed by atoms with van der Waals surface area (Å²) in [5.74, 6) is 0.313. The van der Waals surface area contributed by atoms with E-state index in [1.54, 1.807) is 12.1 Å². The number of ether oxygens (including phenoxy) is 1. The molecular formula is C26H25ClFN5O. The summed E-state index contributed by atoms with van der Waals surface area (Å²) in [4.78, 5) is 14.4. The lowest BCUT2D eigenvalue weighted by Crippen LogP contribution is -2.26. The average molecular weight is 478 g/mol. The SMILES string of the molecule is Cc1ccc2c(-c3ccc(Cl)cc3F)nc([C@@H]3C[C@@H](c4cnn(C5CC5)c4)O[C@@H](C)C3)nc2n1. The zero-order valence-electron chi connectivity index (χ0n) is 19.1. The van der Waals surface area contributed by atoms with Gasteiger partial charge in [-0.3, -0.25) is 4.68 Å². The maximum atomic E-state index is 14.9. The van der Waals surface area contributed by atoms with Crippen LogP contribution >= 0.6 is 11.6 Å². The lowest BCUT2D eigenvalue weighted by Gasteiger charge is -2.33. The average Bonchev–Trinajstić information content (AvgIpc) is 3.54. The molecule has 2 fully saturated rings. The van der Waals surface area contributed by atoms with Crippen LogP contribution in [0.15, 0.2) is 42.7 Å². The van der Waals surface area contributed by atoms with E-state index >= 15 is 0 Å². The van der Waals surface area contributed by atoms with Gasteiger partial charge in [0.25, 0.3) is 0 Å². The molecule has 3 aromatic heterocycles. The number of hydrogen-bond donors (Lipinski definition) is 0. The molecule has 0 spiro atoms. The van der Waals surface area contributed by atoms with Crippen LogP contribution in [0.4, 0.5) is 4.39 Å². The summed E-state index contributed by atoms with van der Waals surface area (Å²) in [6, 6.07) is 9.00. The van der Waals surface area contributed by atoms with Gasteiger partial charge in [0.1, 0.15) is 11.6 Å². The zero-order chi connectivity index (χ0) is 23.4. The molecule has 0 amide bonds. The van der Waals surface area contributed by atoms with Crippen LogP contribution in [0.1, 0.15) is 67.8 Å². The maximum Gasteiger partial charge on any atom is 0.163 e. The van der Waals surface area contributed by atoms with E-state index < -0.39 is 5.82 Å². The Morgan fingerprint density at radius 2 is 1.94 bits per heavy atom. The van der Waals surface area contributed by atoms with Gasteiger partial charge in [0.2, 0.25) is 0 Å². The Labute approximate surface area is 202 Å². The number of nitrogens with zero attached hydrogens (tertiary/aromatic N) is 5. The Morgan fingerprint density at radius 1 is 1.09 bits per heavy atom. The smallest absolute Gasteiger partial charge is 0.163 e. The number of rotatable bonds is 4. The summed E-state index contributed by atoms with van der Waals surface area (Å²) in [6.07, 6.45) is 7.88. The van der Waals surface area contributed by atoms with Crippen molar-refractivity contribution in [2.24, 2.45) is 0 Å². The van der Waals surface area contributed by atoms with Crippen molar-refractivity contribution in [2.45, 2.75) is 63.7 Å². The van der Waals surface area contributed by atoms with Crippen LogP contribution in [0.5, 0.6) is 0 Å². The second-order valence-corrected chi connectivity index (χ2v) is 9.90. The van der Waals surface area contributed by atoms with Crippen molar-refractivity contribution in [1.82, 2.24) is 24.7 Å². The molecule has 2 aliphatic rings. The van der Waals surface area contributed by atoms with Gasteiger partial charge in [0.15, 0.2) is 5.65 Å². The fourth-order valence-corrected chi connectivity index (χ4v) is 4.98. The minimum absolute atomic E-state index is 0.0357. The molecule has 8 heteroatoms. The predicted octanol–water partition coefficient (Wildman–Crippen LogP) is 6.35. The first-order valence-electron chi connectivity index (χ1n) is 11.7. The highest BCUT2D eigenvalue weighted by molar-refractivity contribution is 6.30. The van der Waals surface area contributed by atoms with E-state index in [1.165, 1.54) is 18.9 Å². The van der Waals surface area contributed by atoms with Crippen LogP contribution in [0.3, 0.4) is 0 Å². The lowest BCUT2D eigenvalue weighted by molar-refractivity contribution is -0.0511. The molecular weight excluding hydrogens is 453 g/mol. The van der Waals surface area contributed by atoms with E-state index in [2.05, 4.69) is 23.2 Å². The van der Waals surface area contributed by atoms with Gasteiger partial charge in [-0.25, -0.2) is 19.3 Å². The maximum absolute atomic E-state index is 14.9. The Kier molecular flexibility index (Phi) is 5.34. The molecule has 1 aromatic carbocycles. The highest BCUT2D eigenvalue weighted by Gasteiger charge is 2.33. The van der Waals surface area contributed by atoms with E-state index in [-0.39, 0.29) is 18.1 Å². The van der Waals surface area contributed by atoms with Gasteiger partial charge in [-0.1, -0.05) is 11.6 Å². The number of benzene rings is 1. The molecule has 4 aromatic rings. The van der Waals surface area contributed by atoms with Gasteiger partial charge in [-0.15, -0.1) is 0 Å². The predicted molar refractivity (Wildman–Crippen MR) is 128 cm³/mol. The van der Waals surface area contributed by atoms with Gasteiger partial charge in [-0.2, -0.15) is 5.10 Å². The molecule has 34 heavy (non-hydrogen) atoms. The minimum Gasteiger partial charge on any atom is -0.370 e. The summed E-state index contributed by atoms with van der Waals surface area (Å²) in [7, 11) is 0. The molecule has 0 radical (unpaired) electrons. The summed E-state index contributed by atoms with van der Waals surface area (Å²) >= 11 is 6.01. The Morgan fingerprint density at radius 3 is 2.74 bits per heavy atom. The van der Waals surface area contributed by atoms with Gasteiger partial charge < -0.3 is 4.74 Å². The zero-order valence-corrected chi connectivity index (χ0v) is 19.8. The van der Waals surface area contributed by atoms with Crippen molar-refractivity contribution in [1.29, 1.82) is 0 Å². The molecule has 0 unspecified atom stereocenters. The fraction of sp³-hybridized carbons (Fsp3) is 0.385. The fourth-order valence-electron chi connectivity index (χ4n) is 4.82. The van der Waals surface area contributed by atoms with Gasteiger partial charge in [-0.05, 0) is 69.9 Å². The molecule has 4 heterocycles. The monoisotopic (exact) mass is 477 g/mol. The van der Waals surface area contributed by atoms with E-state index in [0.29, 0.717) is 33.8 Å². The van der Waals surface area contributed by atoms with Crippen molar-refractivity contribution in [3.8, 4) is 11.3 Å². The molecule has 0 N–H and O–H groups in total. The third kappa shape index (κ3) is 4.07. The van der Waals surface area contributed by atoms with Crippen LogP contribution in [0, 0.1) is 12.7 Å². The molecule has 1 saturated carbocycles. The van der Waals surface area contributed by atoms with Crippen molar-refractivity contribution in [3.05, 3.63) is 70.6 Å². The number of hydrogen-bond acceptors (Lipinski definition) is 5. The first-order chi connectivity index (χ1) is 16.4. The standard InChI is InChI=1S/C26H25ClFN5O/c1-14-3-7-21-24(20-8-4-18(27)11-22(20)28)31-25(32-26(21)30-14)16-9-15(2)34-23(10-16)17-12-29-33(13-17)19-5-6-19/h3-4,7-8,11-13,15-16,19,23H,5-6,9-10H2,1-2H3/t15-,16-,23-/m0/s1. The summed E-state index contributed by atoms with van der Waals surface area (Å²) < 4.78 is 23.3. The van der Waals surface area contributed by atoms with Crippen LogP contribution in [-0.2, 0) is 4.74 Å². The normalized spacial score (nSPS) is 22.9. The Balaban J connectivity index is 1.41. The number of aromatic nitrogens is 5. The van der Waals surface area contributed by atoms with E-state index in [1.807, 2.05) is 29.9 Å². The highest BCUT2D eigenvalue weighted by atomic mass is 35.5. The van der Waals surface area contributed by atoms with Gasteiger partial charge >= 0.3 is 0 Å². The molecule has 6 rings (SSSR count). The second-order valence-electron chi connectivity index (χ2n) is 9.47. The van der Waals surface area contributed by atoms with Crippen molar-refractivity contribution < 1.29 is 9.13 Å². The lowest BCUT2D eigenvalue weighted by atomic mass is 9.89. The van der Waals surface area contributed by atoms with Crippen molar-refractivity contribution >= 4 is 22.6 Å². The molecule has 6 nitrogen and oxygen atoms in total. The summed E-state index contributed by atoms with van der Waals surface area (Å²) in [5.41, 5.74) is 3.45. The van der Waals surface area contributed by atoms with Crippen molar-refractivity contribution in [2.75, 3.05) is 0 Å². The molecule has 3 atom stereocenters. The minimum atomic E-state index is -0.412. The third-order valence-corrected chi connectivity index (χ3v) is 6.93. The number of fused-ring (bicyclic) bond motifs is 1. The Hall–Kier alpha value is -2.90. The first kappa shape index (κ1) is 21.6. The van der Waals surface area contributed by atoms with E-state index in [0.717, 1.165) is 29.5 Å². The van der Waals surface area contributed by atoms with Crippen LogP contribution in [0.2, 0.25) is 5.02 Å². The molecule has 1 saturated heterocycles. The number of aryl methyl sites for hydroxylation is 1. The second kappa shape index (κ2) is 8.40. The first-order valence-corrected chi connectivity index (χ1v) is 12.1. The Bertz CT molecular complexity index is 1390. The third-order valence-electron chi connectivity index (χ3n) is 6.69. The summed E-state index contributed by atoms with van der Waals surface area (Å²) in [5, 5.41) is 5.61. The number of pyridine rings is 1. The highest BCUT2D eigenvalue weighted by Crippen LogP contribution is 2.41. The van der Waals surface area contributed by atoms with E-state index in [9.17, 15) is 4.39 Å². The molecule has 174 valence electrons. The van der Waals surface area contributed by atoms with Gasteiger partial charge in [0, 0.05) is 39.3 Å². The van der Waals surface area contributed by atoms with Crippen LogP contribution in [-0.4, -0.2) is 30.8 Å². The van der Waals surface area contributed by atoms with Crippen molar-refractivity contribution in [3.63, 3.8) is 0 Å². The van der Waals surface area contributed by atoms with Crippen LogP contribution < -0.4 is 0 Å². The van der Waals surface area contributed by atoms with Crippen LogP contribution in [0.25, 0.3) is 22.3 Å². The molecule has 1 aliphatic heterocycles. The number of halogens is 2.